The van der Waals surface area contributed by atoms with E-state index < -0.39 is 97.5 Å². The SMILES string of the molecule is CC/C=C\C/C=C\C/C=C\C/C=C\C/C=C\CCCCCC(=O)OCC(COP(=O)(O)OCC(O)COP(=O)(O)OCC(COC(=O)CCCCCC/C=C\C/C=C\C/C=C\C/C=C\CC)OC(=O)CCCCCCC/C=C\CCCC)OC(=O)C/C=C\C/C=C\C/C=C\C/C=C\C/C=C\CC. The molecule has 19 heteroatoms. The van der Waals surface area contributed by atoms with E-state index in [1.165, 1.54) is 6.42 Å². The first-order chi connectivity index (χ1) is 49.7. The van der Waals surface area contributed by atoms with Gasteiger partial charge in [-0.15, -0.1) is 0 Å². The Morgan fingerprint density at radius 3 is 0.892 bits per heavy atom. The minimum absolute atomic E-state index is 0.0690. The maximum Gasteiger partial charge on any atom is 0.472 e. The Morgan fingerprint density at radius 1 is 0.294 bits per heavy atom. The average molecular weight is 1460 g/mol. The Hall–Kier alpha value is -5.84. The summed E-state index contributed by atoms with van der Waals surface area (Å²) in [5, 5.41) is 10.6. The molecule has 0 saturated carbocycles. The van der Waals surface area contributed by atoms with Crippen molar-refractivity contribution < 1.29 is 80.2 Å². The predicted octanol–water partition coefficient (Wildman–Crippen LogP) is 22.0. The normalized spacial score (nSPS) is 14.9. The number of phosphoric ester groups is 2. The highest BCUT2D eigenvalue weighted by Gasteiger charge is 2.30. The summed E-state index contributed by atoms with van der Waals surface area (Å²) in [6.45, 7) is 4.26. The van der Waals surface area contributed by atoms with Crippen molar-refractivity contribution in [2.75, 3.05) is 39.6 Å². The number of hydrogen-bond acceptors (Lipinski definition) is 15. The van der Waals surface area contributed by atoms with Crippen LogP contribution in [-0.4, -0.2) is 96.7 Å². The molecule has 0 aromatic carbocycles. The number of aliphatic hydroxyl groups is 1. The van der Waals surface area contributed by atoms with E-state index in [2.05, 4.69) is 186 Å². The van der Waals surface area contributed by atoms with Gasteiger partial charge in [0, 0.05) is 19.3 Å². The van der Waals surface area contributed by atoms with Gasteiger partial charge in [0.25, 0.3) is 0 Å². The average Bonchev–Trinajstić information content (AvgIpc) is 0.939. The lowest BCUT2D eigenvalue weighted by Crippen LogP contribution is -2.30. The molecule has 576 valence electrons. The van der Waals surface area contributed by atoms with Crippen LogP contribution in [0.15, 0.2) is 182 Å². The fourth-order valence-corrected chi connectivity index (χ4v) is 10.8. The third kappa shape index (κ3) is 72.5. The number of ether oxygens (including phenoxy) is 4. The summed E-state index contributed by atoms with van der Waals surface area (Å²) in [6.07, 6.45) is 87.8. The zero-order chi connectivity index (χ0) is 74.6. The molecule has 0 radical (unpaired) electrons. The highest BCUT2D eigenvalue weighted by molar-refractivity contribution is 7.47. The molecule has 0 bridgehead atoms. The largest absolute Gasteiger partial charge is 0.472 e. The number of aliphatic hydroxyl groups excluding tert-OH is 1. The van der Waals surface area contributed by atoms with Crippen LogP contribution in [0.1, 0.15) is 259 Å². The van der Waals surface area contributed by atoms with E-state index in [0.29, 0.717) is 25.7 Å². The molecule has 17 nitrogen and oxygen atoms in total. The fraction of sp³-hybridized carbons (Fsp3) is 0.590. The Labute approximate surface area is 615 Å². The van der Waals surface area contributed by atoms with E-state index in [4.69, 9.17) is 37.0 Å². The van der Waals surface area contributed by atoms with Crippen molar-refractivity contribution >= 4 is 39.5 Å². The minimum atomic E-state index is -5.02. The van der Waals surface area contributed by atoms with Crippen molar-refractivity contribution in [2.45, 2.75) is 277 Å². The van der Waals surface area contributed by atoms with Gasteiger partial charge in [-0.3, -0.25) is 37.3 Å². The number of unbranched alkanes of at least 4 members (excludes halogenated alkanes) is 14. The maximum atomic E-state index is 13.1. The maximum absolute atomic E-state index is 13.1. The van der Waals surface area contributed by atoms with E-state index in [-0.39, 0.29) is 25.7 Å². The van der Waals surface area contributed by atoms with Gasteiger partial charge in [-0.25, -0.2) is 9.13 Å². The van der Waals surface area contributed by atoms with Crippen molar-refractivity contribution in [3.05, 3.63) is 182 Å². The van der Waals surface area contributed by atoms with Gasteiger partial charge in [-0.2, -0.15) is 0 Å². The topological polar surface area (TPSA) is 237 Å². The van der Waals surface area contributed by atoms with E-state index in [0.717, 1.165) is 173 Å². The second-order valence-corrected chi connectivity index (χ2v) is 27.4. The second kappa shape index (κ2) is 73.5. The Balaban J connectivity index is 5.47. The van der Waals surface area contributed by atoms with Crippen molar-refractivity contribution in [2.24, 2.45) is 0 Å². The molecule has 0 amide bonds. The molecule has 0 spiro atoms. The van der Waals surface area contributed by atoms with Gasteiger partial charge in [-0.1, -0.05) is 261 Å². The molecule has 0 fully saturated rings. The molecule has 0 aliphatic rings. The van der Waals surface area contributed by atoms with Gasteiger partial charge in [0.2, 0.25) is 0 Å². The van der Waals surface area contributed by atoms with Crippen LogP contribution < -0.4 is 0 Å². The molecule has 0 heterocycles. The number of phosphoric acid groups is 2. The molecule has 102 heavy (non-hydrogen) atoms. The van der Waals surface area contributed by atoms with Crippen molar-refractivity contribution in [1.82, 2.24) is 0 Å². The van der Waals surface area contributed by atoms with Crippen LogP contribution in [0.25, 0.3) is 0 Å². The number of allylic oxidation sites excluding steroid dienone is 29. The number of carbonyl (C=O) groups excluding carboxylic acids is 4. The summed E-state index contributed by atoms with van der Waals surface area (Å²) in [7, 11) is -10.0. The van der Waals surface area contributed by atoms with Gasteiger partial charge < -0.3 is 33.8 Å². The lowest BCUT2D eigenvalue weighted by atomic mass is 10.1. The molecule has 5 atom stereocenters. The van der Waals surface area contributed by atoms with Crippen LogP contribution in [0, 0.1) is 0 Å². The number of hydrogen-bond donors (Lipinski definition) is 3. The van der Waals surface area contributed by atoms with E-state index in [1.54, 1.807) is 12.2 Å². The third-order valence-corrected chi connectivity index (χ3v) is 16.8. The van der Waals surface area contributed by atoms with Crippen LogP contribution in [0.3, 0.4) is 0 Å². The minimum Gasteiger partial charge on any atom is -0.462 e. The number of esters is 4. The highest BCUT2D eigenvalue weighted by Crippen LogP contribution is 2.45. The standard InChI is InChI=1S/C83H132O17P2/c1-5-9-13-17-21-25-29-32-35-37-38-40-43-45-49-52-56-60-64-68-81(86)94-74-79(100-83(88)70-66-62-58-54-50-46-41-34-31-27-23-19-15-11-7-3)76-98-102(91,92)96-72-77(84)71-95-101(89,90)97-75-78(99-82(87)69-65-61-57-53-47-28-24-20-16-12-8-4)73-93-80(85)67-63-59-55-51-48-44-42-39-36-33-30-26-22-18-14-10-6-2/h9-11,13-15,20-27,32-36,38,40-42,44-45,49-50,54,62,66,77-79,84H,5-8,12,16-19,28-31,37,39,43,46-48,51-53,55-61,63-65,67-76H2,1-4H3,(H,89,90)(H,91,92)/b13-9-,14-10-,15-11-,24-20-,25-21-,26-22-,27-23-,35-32-,36-33-,40-38-,41-34-,44-42-,49-45-,54-50-,66-62-. The zero-order valence-electron chi connectivity index (χ0n) is 62.7. The lowest BCUT2D eigenvalue weighted by molar-refractivity contribution is -0.161. The van der Waals surface area contributed by atoms with Crippen LogP contribution in [-0.2, 0) is 65.4 Å². The van der Waals surface area contributed by atoms with Crippen LogP contribution in [0.2, 0.25) is 0 Å². The lowest BCUT2D eigenvalue weighted by Gasteiger charge is -2.21. The van der Waals surface area contributed by atoms with Crippen LogP contribution in [0.4, 0.5) is 0 Å². The quantitative estimate of drug-likeness (QED) is 0.0169. The van der Waals surface area contributed by atoms with E-state index in [1.807, 2.05) is 12.2 Å². The summed E-state index contributed by atoms with van der Waals surface area (Å²) in [6, 6.07) is 0. The summed E-state index contributed by atoms with van der Waals surface area (Å²) >= 11 is 0. The van der Waals surface area contributed by atoms with Gasteiger partial charge in [0.05, 0.1) is 32.8 Å². The van der Waals surface area contributed by atoms with Crippen LogP contribution in [0.5, 0.6) is 0 Å². The summed E-state index contributed by atoms with van der Waals surface area (Å²) in [5.74, 6) is -2.42. The van der Waals surface area contributed by atoms with Gasteiger partial charge in [-0.05, 0) is 154 Å². The number of carbonyl (C=O) groups is 4. The molecule has 0 aliphatic carbocycles. The van der Waals surface area contributed by atoms with Crippen LogP contribution >= 0.6 is 15.6 Å². The monoisotopic (exact) mass is 1460 g/mol. The molecule has 0 saturated heterocycles. The zero-order valence-corrected chi connectivity index (χ0v) is 64.5. The Morgan fingerprint density at radius 2 is 0.549 bits per heavy atom. The van der Waals surface area contributed by atoms with E-state index >= 15 is 0 Å². The first kappa shape index (κ1) is 96.2. The third-order valence-electron chi connectivity index (χ3n) is 14.9. The van der Waals surface area contributed by atoms with E-state index in [9.17, 15) is 43.2 Å². The number of rotatable bonds is 69. The molecular formula is C83H132O17P2. The summed E-state index contributed by atoms with van der Waals surface area (Å²) in [5.41, 5.74) is 0. The summed E-state index contributed by atoms with van der Waals surface area (Å²) in [4.78, 5) is 72.8. The van der Waals surface area contributed by atoms with Crippen molar-refractivity contribution in [1.29, 1.82) is 0 Å². The van der Waals surface area contributed by atoms with Crippen molar-refractivity contribution in [3.8, 4) is 0 Å². The first-order valence-electron chi connectivity index (χ1n) is 38.0. The molecule has 0 rings (SSSR count). The summed E-state index contributed by atoms with van der Waals surface area (Å²) < 4.78 is 68.2. The highest BCUT2D eigenvalue weighted by atomic mass is 31.2. The molecule has 0 aromatic rings. The first-order valence-corrected chi connectivity index (χ1v) is 41.0. The smallest absolute Gasteiger partial charge is 0.462 e. The molecule has 3 N–H and O–H groups in total. The molecular weight excluding hydrogens is 1330 g/mol. The van der Waals surface area contributed by atoms with Gasteiger partial charge >= 0.3 is 39.5 Å². The Kier molecular flexibility index (Phi) is 69.3. The van der Waals surface area contributed by atoms with Gasteiger partial charge in [0.15, 0.2) is 12.2 Å². The second-order valence-electron chi connectivity index (χ2n) is 24.5. The predicted molar refractivity (Wildman–Crippen MR) is 417 cm³/mol. The van der Waals surface area contributed by atoms with Gasteiger partial charge in [0.1, 0.15) is 19.3 Å². The Bertz CT molecular complexity index is 2650. The van der Waals surface area contributed by atoms with Crippen molar-refractivity contribution in [3.63, 3.8) is 0 Å². The molecule has 5 unspecified atom stereocenters. The molecule has 0 aromatic heterocycles. The molecule has 0 aliphatic heterocycles. The fourth-order valence-electron chi connectivity index (χ4n) is 9.17.